The normalized spacial score (nSPS) is 10.9. The van der Waals surface area contributed by atoms with Crippen molar-refractivity contribution in [1.29, 1.82) is 5.26 Å². The van der Waals surface area contributed by atoms with Gasteiger partial charge in [0.1, 0.15) is 12.0 Å². The number of fused-ring (bicyclic) bond motifs is 1. The van der Waals surface area contributed by atoms with Crippen LogP contribution in [0.4, 0.5) is 16.3 Å². The molecule has 8 nitrogen and oxygen atoms in total. The Morgan fingerprint density at radius 1 is 1.35 bits per heavy atom. The number of aromatic nitrogens is 1. The van der Waals surface area contributed by atoms with Gasteiger partial charge in [-0.25, -0.2) is 4.79 Å². The molecule has 2 aromatic rings. The largest absolute Gasteiger partial charge is 0.444 e. The summed E-state index contributed by atoms with van der Waals surface area (Å²) in [6.45, 7) is 5.24. The molecule has 2 amide bonds. The van der Waals surface area contributed by atoms with Crippen molar-refractivity contribution in [2.24, 2.45) is 0 Å². The number of amides is 2. The molecule has 1 heterocycles. The van der Waals surface area contributed by atoms with Crippen LogP contribution in [-0.4, -0.2) is 22.8 Å². The molecule has 2 rings (SSSR count). The fourth-order valence-corrected chi connectivity index (χ4v) is 1.78. The molecule has 0 aliphatic heterocycles. The van der Waals surface area contributed by atoms with Gasteiger partial charge < -0.3 is 14.6 Å². The fraction of sp³-hybridized carbons (Fsp3) is 0.333. The number of ether oxygens (including phenoxy) is 1. The van der Waals surface area contributed by atoms with Crippen molar-refractivity contribution in [3.63, 3.8) is 0 Å². The zero-order valence-electron chi connectivity index (χ0n) is 13.0. The molecule has 0 fully saturated rings. The first-order valence-corrected chi connectivity index (χ1v) is 6.85. The second-order valence-corrected chi connectivity index (χ2v) is 5.75. The molecule has 0 aliphatic carbocycles. The van der Waals surface area contributed by atoms with Gasteiger partial charge in [0.25, 0.3) is 0 Å². The van der Waals surface area contributed by atoms with Gasteiger partial charge in [-0.2, -0.15) is 5.26 Å². The summed E-state index contributed by atoms with van der Waals surface area (Å²) in [6.07, 6.45) is -0.906. The third-order valence-electron chi connectivity index (χ3n) is 2.61. The molecule has 23 heavy (non-hydrogen) atoms. The third kappa shape index (κ3) is 4.44. The number of carbonyl (C=O) groups is 2. The van der Waals surface area contributed by atoms with Gasteiger partial charge in [-0.05, 0) is 39.0 Å². The Labute approximate surface area is 132 Å². The maximum absolute atomic E-state index is 11.8. The molecule has 8 heteroatoms. The SMILES string of the molecule is CC(C)(C)OC(=O)Nc1noc2ccc(NC(=O)CC#N)cc12. The van der Waals surface area contributed by atoms with Gasteiger partial charge in [0.05, 0.1) is 11.5 Å². The van der Waals surface area contributed by atoms with Crippen LogP contribution in [-0.2, 0) is 9.53 Å². The molecule has 0 bridgehead atoms. The summed E-state index contributed by atoms with van der Waals surface area (Å²) in [5, 5.41) is 17.8. The summed E-state index contributed by atoms with van der Waals surface area (Å²) < 4.78 is 10.3. The maximum Gasteiger partial charge on any atom is 0.413 e. The average Bonchev–Trinajstić information content (AvgIpc) is 2.79. The van der Waals surface area contributed by atoms with Gasteiger partial charge in [0.15, 0.2) is 11.4 Å². The second kappa shape index (κ2) is 6.36. The molecule has 0 unspecified atom stereocenters. The molecule has 120 valence electrons. The van der Waals surface area contributed by atoms with E-state index < -0.39 is 17.6 Å². The molecule has 0 saturated heterocycles. The standard InChI is InChI=1S/C15H16N4O4/c1-15(2,3)22-14(21)18-13-10-8-9(17-12(20)6-7-16)4-5-11(10)23-19-13/h4-5,8H,6H2,1-3H3,(H,17,20)(H,18,19,21). The van der Waals surface area contributed by atoms with Crippen molar-refractivity contribution < 1.29 is 18.8 Å². The summed E-state index contributed by atoms with van der Waals surface area (Å²) in [4.78, 5) is 23.2. The lowest BCUT2D eigenvalue weighted by atomic mass is 10.2. The van der Waals surface area contributed by atoms with Crippen molar-refractivity contribution in [3.05, 3.63) is 18.2 Å². The van der Waals surface area contributed by atoms with Crippen molar-refractivity contribution in [3.8, 4) is 6.07 Å². The highest BCUT2D eigenvalue weighted by molar-refractivity contribution is 6.00. The van der Waals surface area contributed by atoms with E-state index in [1.165, 1.54) is 0 Å². The molecule has 0 radical (unpaired) electrons. The highest BCUT2D eigenvalue weighted by Crippen LogP contribution is 2.26. The molecule has 0 saturated carbocycles. The lowest BCUT2D eigenvalue weighted by Crippen LogP contribution is -2.27. The van der Waals surface area contributed by atoms with Crippen LogP contribution in [0.3, 0.4) is 0 Å². The summed E-state index contributed by atoms with van der Waals surface area (Å²) >= 11 is 0. The first-order chi connectivity index (χ1) is 10.8. The molecule has 0 spiro atoms. The van der Waals surface area contributed by atoms with Crippen LogP contribution in [0.25, 0.3) is 11.0 Å². The lowest BCUT2D eigenvalue weighted by Gasteiger charge is -2.19. The number of rotatable bonds is 3. The average molecular weight is 316 g/mol. The number of anilines is 2. The second-order valence-electron chi connectivity index (χ2n) is 5.75. The Morgan fingerprint density at radius 3 is 2.74 bits per heavy atom. The van der Waals surface area contributed by atoms with E-state index in [9.17, 15) is 9.59 Å². The van der Waals surface area contributed by atoms with Crippen molar-refractivity contribution in [1.82, 2.24) is 5.16 Å². The molecule has 0 aliphatic rings. The van der Waals surface area contributed by atoms with Crippen molar-refractivity contribution in [2.45, 2.75) is 32.8 Å². The van der Waals surface area contributed by atoms with Gasteiger partial charge >= 0.3 is 6.09 Å². The summed E-state index contributed by atoms with van der Waals surface area (Å²) in [5.74, 6) is -0.240. The topological polar surface area (TPSA) is 117 Å². The first kappa shape index (κ1) is 16.3. The van der Waals surface area contributed by atoms with Gasteiger partial charge in [-0.3, -0.25) is 10.1 Å². The van der Waals surface area contributed by atoms with E-state index in [-0.39, 0.29) is 12.2 Å². The van der Waals surface area contributed by atoms with Crippen LogP contribution < -0.4 is 10.6 Å². The Kier molecular flexibility index (Phi) is 4.50. The first-order valence-electron chi connectivity index (χ1n) is 6.85. The Morgan fingerprint density at radius 2 is 2.09 bits per heavy atom. The minimum Gasteiger partial charge on any atom is -0.444 e. The van der Waals surface area contributed by atoms with Crippen LogP contribution in [0, 0.1) is 11.3 Å². The molecule has 1 aromatic heterocycles. The smallest absolute Gasteiger partial charge is 0.413 e. The van der Waals surface area contributed by atoms with Crippen LogP contribution in [0.5, 0.6) is 0 Å². The predicted molar refractivity (Wildman–Crippen MR) is 82.7 cm³/mol. The van der Waals surface area contributed by atoms with Crippen LogP contribution in [0.15, 0.2) is 22.7 Å². The van der Waals surface area contributed by atoms with E-state index in [1.807, 2.05) is 0 Å². The van der Waals surface area contributed by atoms with E-state index in [2.05, 4.69) is 15.8 Å². The molecular formula is C15H16N4O4. The van der Waals surface area contributed by atoms with Crippen LogP contribution in [0.2, 0.25) is 0 Å². The highest BCUT2D eigenvalue weighted by atomic mass is 16.6. The Bertz CT molecular complexity index is 783. The van der Waals surface area contributed by atoms with E-state index in [4.69, 9.17) is 14.5 Å². The minimum absolute atomic E-state index is 0.186. The number of nitrogens with one attached hydrogen (secondary N) is 2. The highest BCUT2D eigenvalue weighted by Gasteiger charge is 2.19. The van der Waals surface area contributed by atoms with Gasteiger partial charge in [0, 0.05) is 5.69 Å². The van der Waals surface area contributed by atoms with Gasteiger partial charge in [0.2, 0.25) is 5.91 Å². The van der Waals surface area contributed by atoms with Crippen molar-refractivity contribution >= 4 is 34.5 Å². The Balaban J connectivity index is 2.20. The number of carbonyl (C=O) groups excluding carboxylic acids is 2. The Hall–Kier alpha value is -3.08. The quantitative estimate of drug-likeness (QED) is 0.898. The molecule has 2 N–H and O–H groups in total. The number of hydrogen-bond donors (Lipinski definition) is 2. The third-order valence-corrected chi connectivity index (χ3v) is 2.61. The number of benzene rings is 1. The van der Waals surface area contributed by atoms with E-state index in [0.717, 1.165) is 0 Å². The maximum atomic E-state index is 11.8. The summed E-state index contributed by atoms with van der Waals surface area (Å²) in [6, 6.07) is 6.57. The zero-order chi connectivity index (χ0) is 17.0. The van der Waals surface area contributed by atoms with E-state index >= 15 is 0 Å². The lowest BCUT2D eigenvalue weighted by molar-refractivity contribution is -0.115. The predicted octanol–water partition coefficient (Wildman–Crippen LogP) is 3.03. The molecular weight excluding hydrogens is 300 g/mol. The van der Waals surface area contributed by atoms with Crippen molar-refractivity contribution in [2.75, 3.05) is 10.6 Å². The number of hydrogen-bond acceptors (Lipinski definition) is 6. The minimum atomic E-state index is -0.661. The summed E-state index contributed by atoms with van der Waals surface area (Å²) in [7, 11) is 0. The van der Waals surface area contributed by atoms with E-state index in [1.54, 1.807) is 45.0 Å². The molecule has 1 aromatic carbocycles. The van der Waals surface area contributed by atoms with Gasteiger partial charge in [-0.1, -0.05) is 5.16 Å². The molecule has 0 atom stereocenters. The van der Waals surface area contributed by atoms with E-state index in [0.29, 0.717) is 16.7 Å². The monoisotopic (exact) mass is 316 g/mol. The number of nitrogens with zero attached hydrogens (tertiary/aromatic N) is 2. The summed E-state index contributed by atoms with van der Waals surface area (Å²) in [5.41, 5.74) is 0.266. The fourth-order valence-electron chi connectivity index (χ4n) is 1.78. The van der Waals surface area contributed by atoms with Gasteiger partial charge in [-0.15, -0.1) is 0 Å². The van der Waals surface area contributed by atoms with Crippen LogP contribution >= 0.6 is 0 Å². The zero-order valence-corrected chi connectivity index (χ0v) is 13.0. The van der Waals surface area contributed by atoms with Crippen LogP contribution in [0.1, 0.15) is 27.2 Å². The number of nitriles is 1.